The fourth-order valence-electron chi connectivity index (χ4n) is 8.86. The third-order valence-corrected chi connectivity index (χ3v) is 14.8. The third-order valence-electron chi connectivity index (χ3n) is 11.6. The Bertz CT molecular complexity index is 3010. The minimum atomic E-state index is -4.72. The predicted molar refractivity (Wildman–Crippen MR) is 230 cm³/mol. The van der Waals surface area contributed by atoms with Gasteiger partial charge in [-0.2, -0.15) is 17.3 Å². The summed E-state index contributed by atoms with van der Waals surface area (Å²) in [6.45, 7) is 7.78. The molecule has 7 rings (SSSR count). The maximum absolute atomic E-state index is 12.0. The van der Waals surface area contributed by atoms with Crippen molar-refractivity contribution in [3.63, 3.8) is 0 Å². The van der Waals surface area contributed by atoms with E-state index in [0.717, 1.165) is 62.9 Å². The van der Waals surface area contributed by atoms with Gasteiger partial charge in [0, 0.05) is 51.0 Å². The van der Waals surface area contributed by atoms with E-state index in [4.69, 9.17) is 11.6 Å². The van der Waals surface area contributed by atoms with Crippen molar-refractivity contribution in [2.75, 3.05) is 29.5 Å². The second kappa shape index (κ2) is 21.4. The van der Waals surface area contributed by atoms with E-state index in [2.05, 4.69) is 9.37 Å². The Hall–Kier alpha value is -0.920. The Morgan fingerprint density at radius 1 is 0.828 bits per heavy atom. The van der Waals surface area contributed by atoms with Gasteiger partial charge in [0.2, 0.25) is 5.69 Å². The first-order valence-corrected chi connectivity index (χ1v) is 24.8. The van der Waals surface area contributed by atoms with E-state index in [1.165, 1.54) is 12.1 Å². The van der Waals surface area contributed by atoms with Crippen LogP contribution >= 0.6 is 23.6 Å². The van der Waals surface area contributed by atoms with E-state index < -0.39 is 52.7 Å². The van der Waals surface area contributed by atoms with Gasteiger partial charge >= 0.3 is 88.7 Å². The standard InChI is InChI=1S/C42H43ClN2O12S4.3Na/c1-41(2)36(44(20-22-59(47,48)49)34-16-8-28-24-30(58-57-56-46)12-14-32(28)38(34)41)18-10-26-6-5-7-27(40(26)43)11-19-37-42(3,4)39-33-15-13-31(61(53,54)55)25-29(33)9-17-35(39)45(37)21-23-60(50,51)52;;;/h8-19,24-25H,5-7,20-23H2,1-4H3,(H3-,46,47,48,49,50,51,52,53,54,55);;;/q;3*+1/p-2. The van der Waals surface area contributed by atoms with Gasteiger partial charge < -0.3 is 19.3 Å². The van der Waals surface area contributed by atoms with Gasteiger partial charge in [0.05, 0.1) is 33.9 Å². The second-order valence-corrected chi connectivity index (χ2v) is 21.7. The molecule has 22 heteroatoms. The van der Waals surface area contributed by atoms with E-state index in [9.17, 15) is 44.2 Å². The summed E-state index contributed by atoms with van der Waals surface area (Å²) in [5, 5.41) is 17.4. The molecule has 4 aromatic carbocycles. The Kier molecular flexibility index (Phi) is 18.6. The number of halogens is 1. The summed E-state index contributed by atoms with van der Waals surface area (Å²) in [5.74, 6) is -1.18. The quantitative estimate of drug-likeness (QED) is 0.0376. The molecule has 0 amide bonds. The maximum Gasteiger partial charge on any atom is 1.00 e. The van der Waals surface area contributed by atoms with Crippen LogP contribution in [0.5, 0.6) is 0 Å². The van der Waals surface area contributed by atoms with Crippen molar-refractivity contribution in [3.05, 3.63) is 118 Å². The largest absolute Gasteiger partial charge is 1.00 e. The van der Waals surface area contributed by atoms with Gasteiger partial charge in [-0.3, -0.25) is 9.59 Å². The van der Waals surface area contributed by atoms with Gasteiger partial charge in [-0.15, -0.1) is 0 Å². The van der Waals surface area contributed by atoms with Gasteiger partial charge in [-0.1, -0.05) is 55.8 Å². The first kappa shape index (κ1) is 55.7. The molecular formula is C42H41ClN2Na3O12S4+. The fourth-order valence-corrected chi connectivity index (χ4v) is 10.9. The Labute approximate surface area is 449 Å². The van der Waals surface area contributed by atoms with Gasteiger partial charge in [0.25, 0.3) is 10.1 Å². The van der Waals surface area contributed by atoms with Crippen LogP contribution in [0.2, 0.25) is 0 Å². The van der Waals surface area contributed by atoms with E-state index in [1.54, 1.807) is 28.8 Å². The zero-order chi connectivity index (χ0) is 44.3. The van der Waals surface area contributed by atoms with Crippen molar-refractivity contribution in [1.82, 2.24) is 0 Å². The van der Waals surface area contributed by atoms with E-state index in [0.29, 0.717) is 44.9 Å². The topological polar surface area (TPSA) is 217 Å². The van der Waals surface area contributed by atoms with Crippen molar-refractivity contribution in [2.45, 2.75) is 67.6 Å². The zero-order valence-corrected chi connectivity index (χ0v) is 46.4. The molecule has 0 atom stereocenters. The molecule has 1 N–H and O–H groups in total. The summed E-state index contributed by atoms with van der Waals surface area (Å²) >= 11 is 7.93. The molecule has 0 saturated carbocycles. The van der Waals surface area contributed by atoms with E-state index >= 15 is 0 Å². The monoisotopic (exact) mass is 997 g/mol. The molecule has 4 aromatic rings. The molecule has 14 nitrogen and oxygen atoms in total. The minimum Gasteiger partial charge on any atom is -0.748 e. The SMILES string of the molecule is CC1(C)C(C=CC2=C(Cl)C(=C/C=C3/N(CCS(=O)(=O)O)c4ccc5cc(SOO[O-])ccc5c4C3(C)C)CCC2)=[N+](CCS(=O)(=O)[O-])c2ccc3cc(S(=O)(=O)[O-])ccc3c21.[Na+].[Na+].[Na+]. The van der Waals surface area contributed by atoms with E-state index in [-0.39, 0.29) is 107 Å². The summed E-state index contributed by atoms with van der Waals surface area (Å²) in [6, 6.07) is 16.8. The van der Waals surface area contributed by atoms with Crippen molar-refractivity contribution < 1.29 is 147 Å². The number of anilines is 1. The summed E-state index contributed by atoms with van der Waals surface area (Å²) in [4.78, 5) is 2.15. The molecule has 0 saturated heterocycles. The smallest absolute Gasteiger partial charge is 0.748 e. The van der Waals surface area contributed by atoms with Crippen molar-refractivity contribution in [2.24, 2.45) is 0 Å². The van der Waals surface area contributed by atoms with Crippen molar-refractivity contribution >= 4 is 92.6 Å². The zero-order valence-electron chi connectivity index (χ0n) is 36.4. The molecule has 2 aliphatic heterocycles. The molecule has 0 unspecified atom stereocenters. The van der Waals surface area contributed by atoms with Crippen LogP contribution < -0.4 is 98.8 Å². The van der Waals surface area contributed by atoms with Crippen LogP contribution in [-0.2, 0) is 50.6 Å². The second-order valence-electron chi connectivity index (χ2n) is 16.1. The van der Waals surface area contributed by atoms with Crippen LogP contribution in [-0.4, -0.2) is 73.8 Å². The number of benzene rings is 4. The van der Waals surface area contributed by atoms with Crippen LogP contribution in [0, 0.1) is 0 Å². The van der Waals surface area contributed by atoms with Crippen LogP contribution in [0.15, 0.2) is 117 Å². The minimum absolute atomic E-state index is 0. The summed E-state index contributed by atoms with van der Waals surface area (Å²) in [5.41, 5.74) is 4.78. The van der Waals surface area contributed by atoms with Gasteiger partial charge in [0.1, 0.15) is 20.2 Å². The Morgan fingerprint density at radius 2 is 1.48 bits per heavy atom. The number of nitrogens with zero attached hydrogens (tertiary/aromatic N) is 2. The molecule has 64 heavy (non-hydrogen) atoms. The molecule has 2 heterocycles. The summed E-state index contributed by atoms with van der Waals surface area (Å²) in [6.07, 6.45) is 9.62. The maximum atomic E-state index is 12.0. The number of hydrogen-bond acceptors (Lipinski definition) is 13. The number of fused-ring (bicyclic) bond motifs is 6. The molecule has 324 valence electrons. The molecule has 0 radical (unpaired) electrons. The number of allylic oxidation sites excluding steroid dienone is 8. The Morgan fingerprint density at radius 3 is 2.14 bits per heavy atom. The van der Waals surface area contributed by atoms with Gasteiger partial charge in [0.15, 0.2) is 12.3 Å². The normalized spacial score (nSPS) is 18.4. The number of hydrogen-bond donors (Lipinski definition) is 1. The molecule has 0 spiro atoms. The van der Waals surface area contributed by atoms with Crippen LogP contribution in [0.4, 0.5) is 11.4 Å². The fraction of sp³-hybridized carbons (Fsp3) is 0.310. The first-order chi connectivity index (χ1) is 28.5. The first-order valence-electron chi connectivity index (χ1n) is 19.0. The van der Waals surface area contributed by atoms with Crippen LogP contribution in [0.3, 0.4) is 0 Å². The van der Waals surface area contributed by atoms with Crippen molar-refractivity contribution in [1.29, 1.82) is 0 Å². The Balaban J connectivity index is 0.00000299. The number of rotatable bonds is 13. The molecule has 0 aromatic heterocycles. The van der Waals surface area contributed by atoms with Gasteiger partial charge in [-0.25, -0.2) is 16.8 Å². The summed E-state index contributed by atoms with van der Waals surface area (Å²) < 4.78 is 111. The average molecular weight is 998 g/mol. The molecule has 1 aliphatic carbocycles. The van der Waals surface area contributed by atoms with Crippen LogP contribution in [0.1, 0.15) is 58.1 Å². The molecular weight excluding hydrogens is 957 g/mol. The molecule has 0 bridgehead atoms. The third kappa shape index (κ3) is 11.7. The van der Waals surface area contributed by atoms with Crippen molar-refractivity contribution in [3.8, 4) is 0 Å². The van der Waals surface area contributed by atoms with Gasteiger partial charge in [-0.05, 0) is 114 Å². The average Bonchev–Trinajstić information content (AvgIpc) is 3.54. The molecule has 0 fully saturated rings. The summed E-state index contributed by atoms with van der Waals surface area (Å²) in [7, 11) is -13.6. The predicted octanol–water partition coefficient (Wildman–Crippen LogP) is -2.21. The van der Waals surface area contributed by atoms with Crippen LogP contribution in [0.25, 0.3) is 21.5 Å². The van der Waals surface area contributed by atoms with E-state index in [1.807, 2.05) is 81.2 Å². The molecule has 3 aliphatic rings.